The van der Waals surface area contributed by atoms with E-state index in [9.17, 15) is 22.8 Å². The molecule has 0 spiro atoms. The number of fused-ring (bicyclic) bond motifs is 1. The first-order valence-electron chi connectivity index (χ1n) is 9.26. The second kappa shape index (κ2) is 9.66. The highest BCUT2D eigenvalue weighted by Gasteiger charge is 2.34. The summed E-state index contributed by atoms with van der Waals surface area (Å²) in [5, 5.41) is 6.03. The number of amides is 1. The van der Waals surface area contributed by atoms with E-state index in [1.807, 2.05) is 0 Å². The minimum atomic E-state index is -4.74. The topological polar surface area (TPSA) is 82.5 Å². The van der Waals surface area contributed by atoms with E-state index in [1.54, 1.807) is 6.92 Å². The molecular weight excluding hydrogens is 510 g/mol. The summed E-state index contributed by atoms with van der Waals surface area (Å²) in [4.78, 5) is 23.8. The minimum absolute atomic E-state index is 0.0467. The molecule has 13 heteroatoms. The molecule has 3 aromatic rings. The highest BCUT2D eigenvalue weighted by molar-refractivity contribution is 6.67. The summed E-state index contributed by atoms with van der Waals surface area (Å²) in [5.74, 6) is -0.534. The van der Waals surface area contributed by atoms with Crippen LogP contribution in [-0.2, 0) is 15.7 Å². The molecule has 176 valence electrons. The summed E-state index contributed by atoms with van der Waals surface area (Å²) < 4.78 is 50.0. The van der Waals surface area contributed by atoms with Crippen molar-refractivity contribution < 1.29 is 32.2 Å². The van der Waals surface area contributed by atoms with Crippen LogP contribution in [0.2, 0.25) is 0 Å². The van der Waals surface area contributed by atoms with E-state index in [2.05, 4.69) is 10.4 Å². The number of carbonyl (C=O) groups is 2. The van der Waals surface area contributed by atoms with Crippen molar-refractivity contribution in [1.82, 2.24) is 9.78 Å². The summed E-state index contributed by atoms with van der Waals surface area (Å²) >= 11 is 16.5. The monoisotopic (exact) mass is 523 g/mol. The molecule has 0 saturated heterocycles. The van der Waals surface area contributed by atoms with E-state index in [0.29, 0.717) is 5.69 Å². The minimum Gasteiger partial charge on any atom is -0.462 e. The van der Waals surface area contributed by atoms with Gasteiger partial charge in [-0.05, 0) is 43.3 Å². The standard InChI is InChI=1S/C20H15Cl3F3N3O4/c1-2-32-17(30)11-3-5-13(6-4-11)29-16-8-12(28-18(31)33-10-19(21,22)23)7-15(20(24,25)26)14(16)9-27-29/h3-9H,2,10H2,1H3,(H,28,31). The summed E-state index contributed by atoms with van der Waals surface area (Å²) in [7, 11) is 0. The van der Waals surface area contributed by atoms with Crippen molar-refractivity contribution in [1.29, 1.82) is 0 Å². The second-order valence-corrected chi connectivity index (χ2v) is 9.11. The number of nitrogens with one attached hydrogen (secondary N) is 1. The maximum absolute atomic E-state index is 13.7. The van der Waals surface area contributed by atoms with Crippen LogP contribution in [0, 0.1) is 0 Å². The number of aromatic nitrogens is 2. The fourth-order valence-electron chi connectivity index (χ4n) is 2.89. The summed E-state index contributed by atoms with van der Waals surface area (Å²) in [5.41, 5.74) is -0.542. The molecule has 1 heterocycles. The number of carbonyl (C=O) groups excluding carboxylic acids is 2. The number of hydrogen-bond donors (Lipinski definition) is 1. The van der Waals surface area contributed by atoms with Crippen molar-refractivity contribution in [2.45, 2.75) is 16.9 Å². The predicted octanol–water partition coefficient (Wildman–Crippen LogP) is 6.14. The Bertz CT molecular complexity index is 1180. The molecule has 0 fully saturated rings. The van der Waals surface area contributed by atoms with Gasteiger partial charge < -0.3 is 9.47 Å². The van der Waals surface area contributed by atoms with Crippen molar-refractivity contribution in [3.8, 4) is 5.69 Å². The highest BCUT2D eigenvalue weighted by Crippen LogP contribution is 2.37. The van der Waals surface area contributed by atoms with E-state index in [0.717, 1.165) is 12.3 Å². The number of rotatable bonds is 5. The lowest BCUT2D eigenvalue weighted by molar-refractivity contribution is -0.136. The van der Waals surface area contributed by atoms with Gasteiger partial charge in [-0.25, -0.2) is 14.3 Å². The van der Waals surface area contributed by atoms with Crippen LogP contribution in [0.5, 0.6) is 0 Å². The van der Waals surface area contributed by atoms with Crippen molar-refractivity contribution in [2.75, 3.05) is 18.5 Å². The van der Waals surface area contributed by atoms with Crippen molar-refractivity contribution >= 4 is 63.5 Å². The first-order chi connectivity index (χ1) is 15.4. The van der Waals surface area contributed by atoms with E-state index in [1.165, 1.54) is 35.0 Å². The van der Waals surface area contributed by atoms with Gasteiger partial charge in [-0.15, -0.1) is 0 Å². The van der Waals surface area contributed by atoms with Gasteiger partial charge in [-0.2, -0.15) is 18.3 Å². The van der Waals surface area contributed by atoms with Crippen molar-refractivity contribution in [2.24, 2.45) is 0 Å². The zero-order chi connectivity index (χ0) is 24.4. The average Bonchev–Trinajstić information content (AvgIpc) is 3.14. The Balaban J connectivity index is 2.00. The Labute approximate surface area is 200 Å². The molecule has 0 aliphatic heterocycles. The molecule has 1 aromatic heterocycles. The van der Waals surface area contributed by atoms with Gasteiger partial charge in [0.2, 0.25) is 3.79 Å². The number of alkyl halides is 6. The number of ether oxygens (including phenoxy) is 2. The second-order valence-electron chi connectivity index (χ2n) is 6.59. The van der Waals surface area contributed by atoms with Gasteiger partial charge in [0.1, 0.15) is 6.61 Å². The molecule has 1 N–H and O–H groups in total. The lowest BCUT2D eigenvalue weighted by atomic mass is 10.1. The van der Waals surface area contributed by atoms with Crippen molar-refractivity contribution in [3.05, 3.63) is 53.7 Å². The Kier molecular flexibility index (Phi) is 7.30. The quantitative estimate of drug-likeness (QED) is 0.320. The molecule has 1 amide bonds. The first kappa shape index (κ1) is 24.9. The maximum Gasteiger partial charge on any atom is 0.417 e. The molecule has 0 atom stereocenters. The fourth-order valence-corrected chi connectivity index (χ4v) is 3.06. The van der Waals surface area contributed by atoms with Crippen LogP contribution in [0.15, 0.2) is 42.6 Å². The molecule has 0 radical (unpaired) electrons. The van der Waals surface area contributed by atoms with Crippen LogP contribution >= 0.6 is 34.8 Å². The highest BCUT2D eigenvalue weighted by atomic mass is 35.6. The van der Waals surface area contributed by atoms with Crippen LogP contribution in [0.3, 0.4) is 0 Å². The van der Waals surface area contributed by atoms with Gasteiger partial charge >= 0.3 is 18.2 Å². The lowest BCUT2D eigenvalue weighted by Crippen LogP contribution is -2.21. The molecule has 0 aliphatic carbocycles. The number of halogens is 6. The number of benzene rings is 2. The largest absolute Gasteiger partial charge is 0.462 e. The molecule has 0 aliphatic rings. The van der Waals surface area contributed by atoms with Gasteiger partial charge in [0.25, 0.3) is 0 Å². The number of anilines is 1. The summed E-state index contributed by atoms with van der Waals surface area (Å²) in [6.07, 6.45) is -4.79. The molecular formula is C20H15Cl3F3N3O4. The Morgan fingerprint density at radius 2 is 1.76 bits per heavy atom. The van der Waals surface area contributed by atoms with Crippen LogP contribution in [0.1, 0.15) is 22.8 Å². The zero-order valence-electron chi connectivity index (χ0n) is 16.8. The Hall–Kier alpha value is -2.69. The van der Waals surface area contributed by atoms with Crippen molar-refractivity contribution in [3.63, 3.8) is 0 Å². The molecule has 33 heavy (non-hydrogen) atoms. The normalized spacial score (nSPS) is 12.0. The third-order valence-corrected chi connectivity index (χ3v) is 4.56. The number of hydrogen-bond acceptors (Lipinski definition) is 5. The molecule has 0 unspecified atom stereocenters. The smallest absolute Gasteiger partial charge is 0.417 e. The van der Waals surface area contributed by atoms with Crippen LogP contribution in [0.4, 0.5) is 23.7 Å². The predicted molar refractivity (Wildman–Crippen MR) is 117 cm³/mol. The van der Waals surface area contributed by atoms with Gasteiger partial charge in [-0.1, -0.05) is 34.8 Å². The van der Waals surface area contributed by atoms with Crippen LogP contribution < -0.4 is 5.32 Å². The molecule has 7 nitrogen and oxygen atoms in total. The summed E-state index contributed by atoms with van der Waals surface area (Å²) in [6, 6.07) is 7.95. The van der Waals surface area contributed by atoms with Gasteiger partial charge in [0.05, 0.1) is 35.1 Å². The first-order valence-corrected chi connectivity index (χ1v) is 10.4. The number of nitrogens with zero attached hydrogens (tertiary/aromatic N) is 2. The van der Waals surface area contributed by atoms with Gasteiger partial charge in [0, 0.05) is 11.1 Å². The number of esters is 1. The third-order valence-electron chi connectivity index (χ3n) is 4.23. The zero-order valence-corrected chi connectivity index (χ0v) is 19.0. The van der Waals surface area contributed by atoms with E-state index < -0.39 is 34.2 Å². The Morgan fingerprint density at radius 3 is 2.33 bits per heavy atom. The lowest BCUT2D eigenvalue weighted by Gasteiger charge is -2.14. The van der Waals surface area contributed by atoms with Crippen LogP contribution in [-0.4, -0.2) is 38.8 Å². The van der Waals surface area contributed by atoms with Gasteiger partial charge in [0.15, 0.2) is 0 Å². The molecule has 3 rings (SSSR count). The molecule has 0 saturated carbocycles. The maximum atomic E-state index is 13.7. The average molecular weight is 525 g/mol. The molecule has 0 bridgehead atoms. The molecule has 2 aromatic carbocycles. The van der Waals surface area contributed by atoms with E-state index in [-0.39, 0.29) is 28.8 Å². The SMILES string of the molecule is CCOC(=O)c1ccc(-n2ncc3c(C(F)(F)F)cc(NC(=O)OCC(Cl)(Cl)Cl)cc32)cc1. The van der Waals surface area contributed by atoms with E-state index in [4.69, 9.17) is 44.3 Å². The van der Waals surface area contributed by atoms with E-state index >= 15 is 0 Å². The Morgan fingerprint density at radius 1 is 1.09 bits per heavy atom. The van der Waals surface area contributed by atoms with Gasteiger partial charge in [-0.3, -0.25) is 5.32 Å². The summed E-state index contributed by atoms with van der Waals surface area (Å²) in [6.45, 7) is 1.26. The third kappa shape index (κ3) is 6.21. The fraction of sp³-hybridized carbons (Fsp3) is 0.250. The van der Waals surface area contributed by atoms with Crippen LogP contribution in [0.25, 0.3) is 16.6 Å².